The molecule has 0 fully saturated rings. The largest absolute Gasteiger partial charge is 0.391 e. The number of carbonyl (C=O) groups is 1. The molecule has 0 saturated carbocycles. The lowest BCUT2D eigenvalue weighted by atomic mass is 10.0. The standard InChI is InChI=1S/C13H17N3O3S/c1-9(17)12(8-20-14)13(15-2)7-10-3-5-11(6-4-10)16(18)19/h3-6,15H,7-8,14H2,1-2H3. The maximum absolute atomic E-state index is 11.6. The molecular weight excluding hydrogens is 278 g/mol. The Bertz CT molecular complexity index is 526. The van der Waals surface area contributed by atoms with Crippen molar-refractivity contribution in [3.05, 3.63) is 51.2 Å². The minimum absolute atomic E-state index is 0.0331. The van der Waals surface area contributed by atoms with Crippen molar-refractivity contribution in [1.29, 1.82) is 0 Å². The molecule has 20 heavy (non-hydrogen) atoms. The number of nitro benzene ring substituents is 1. The minimum Gasteiger partial charge on any atom is -0.391 e. The van der Waals surface area contributed by atoms with Gasteiger partial charge in [-0.3, -0.25) is 20.0 Å². The van der Waals surface area contributed by atoms with Crippen LogP contribution in [-0.4, -0.2) is 23.5 Å². The first-order valence-corrected chi connectivity index (χ1v) is 7.00. The molecule has 0 amide bonds. The van der Waals surface area contributed by atoms with E-state index in [0.717, 1.165) is 23.2 Å². The molecule has 0 heterocycles. The zero-order chi connectivity index (χ0) is 15.1. The lowest BCUT2D eigenvalue weighted by Gasteiger charge is -2.12. The molecule has 3 N–H and O–H groups in total. The van der Waals surface area contributed by atoms with Crippen LogP contribution in [-0.2, 0) is 11.2 Å². The van der Waals surface area contributed by atoms with Gasteiger partial charge in [0.05, 0.1) is 4.92 Å². The molecule has 6 nitrogen and oxygen atoms in total. The first kappa shape index (κ1) is 16.2. The van der Waals surface area contributed by atoms with Crippen LogP contribution in [0.15, 0.2) is 35.5 Å². The van der Waals surface area contributed by atoms with Crippen molar-refractivity contribution >= 4 is 23.4 Å². The van der Waals surface area contributed by atoms with Gasteiger partial charge in [0.15, 0.2) is 5.78 Å². The fraction of sp³-hybridized carbons (Fsp3) is 0.308. The highest BCUT2D eigenvalue weighted by atomic mass is 32.2. The molecule has 1 rings (SSSR count). The molecule has 0 bridgehead atoms. The maximum atomic E-state index is 11.6. The number of likely N-dealkylation sites (N-methyl/N-ethyl adjacent to an activating group) is 1. The third-order valence-electron chi connectivity index (χ3n) is 2.85. The second-order valence-corrected chi connectivity index (χ2v) is 4.80. The second kappa shape index (κ2) is 7.66. The fourth-order valence-electron chi connectivity index (χ4n) is 1.77. The number of non-ortho nitro benzene ring substituents is 1. The molecule has 0 spiro atoms. The highest BCUT2D eigenvalue weighted by Crippen LogP contribution is 2.17. The van der Waals surface area contributed by atoms with Crippen LogP contribution < -0.4 is 10.5 Å². The second-order valence-electron chi connectivity index (χ2n) is 4.17. The van der Waals surface area contributed by atoms with Crippen molar-refractivity contribution in [1.82, 2.24) is 5.32 Å². The average Bonchev–Trinajstić information content (AvgIpc) is 2.42. The van der Waals surface area contributed by atoms with Crippen molar-refractivity contribution in [2.45, 2.75) is 13.3 Å². The summed E-state index contributed by atoms with van der Waals surface area (Å²) in [7, 11) is 1.74. The topological polar surface area (TPSA) is 98.3 Å². The number of nitro groups is 1. The summed E-state index contributed by atoms with van der Waals surface area (Å²) >= 11 is 1.09. The summed E-state index contributed by atoms with van der Waals surface area (Å²) in [5.74, 6) is 0.396. The molecule has 0 aliphatic carbocycles. The van der Waals surface area contributed by atoms with Gasteiger partial charge in [-0.15, -0.1) is 0 Å². The lowest BCUT2D eigenvalue weighted by Crippen LogP contribution is -2.17. The normalized spacial score (nSPS) is 11.8. The van der Waals surface area contributed by atoms with E-state index in [-0.39, 0.29) is 11.5 Å². The first-order chi connectivity index (χ1) is 9.49. The number of carbonyl (C=O) groups excluding carboxylic acids is 1. The first-order valence-electron chi connectivity index (χ1n) is 5.95. The third-order valence-corrected chi connectivity index (χ3v) is 3.30. The minimum atomic E-state index is -0.440. The van der Waals surface area contributed by atoms with Gasteiger partial charge in [-0.05, 0) is 12.5 Å². The average molecular weight is 295 g/mol. The van der Waals surface area contributed by atoms with Crippen molar-refractivity contribution < 1.29 is 9.72 Å². The molecule has 7 heteroatoms. The lowest BCUT2D eigenvalue weighted by molar-refractivity contribution is -0.384. The number of nitrogens with one attached hydrogen (secondary N) is 1. The Kier molecular flexibility index (Phi) is 6.20. The number of nitrogens with zero attached hydrogens (tertiary/aromatic N) is 1. The molecule has 108 valence electrons. The van der Waals surface area contributed by atoms with Gasteiger partial charge in [-0.2, -0.15) is 0 Å². The summed E-state index contributed by atoms with van der Waals surface area (Å²) in [5.41, 5.74) is 2.36. The molecule has 1 aromatic rings. The molecule has 1 aromatic carbocycles. The van der Waals surface area contributed by atoms with Crippen molar-refractivity contribution in [3.8, 4) is 0 Å². The number of hydrogen-bond acceptors (Lipinski definition) is 6. The predicted octanol–water partition coefficient (Wildman–Crippen LogP) is 1.81. The van der Waals surface area contributed by atoms with E-state index in [1.54, 1.807) is 19.2 Å². The number of Topliss-reactive ketones (excluding diaryl/α,β-unsaturated/α-hetero) is 1. The van der Waals surface area contributed by atoms with Gasteiger partial charge in [0.1, 0.15) is 0 Å². The van der Waals surface area contributed by atoms with E-state index in [0.29, 0.717) is 17.7 Å². The maximum Gasteiger partial charge on any atom is 0.269 e. The fourth-order valence-corrected chi connectivity index (χ4v) is 2.31. The Morgan fingerprint density at radius 1 is 1.40 bits per heavy atom. The Hall–Kier alpha value is -1.86. The monoisotopic (exact) mass is 295 g/mol. The zero-order valence-corrected chi connectivity index (χ0v) is 12.2. The van der Waals surface area contributed by atoms with Gasteiger partial charge >= 0.3 is 0 Å². The number of rotatable bonds is 7. The van der Waals surface area contributed by atoms with Gasteiger partial charge in [-0.25, -0.2) is 0 Å². The Balaban J connectivity index is 3.00. The Morgan fingerprint density at radius 2 is 2.00 bits per heavy atom. The smallest absolute Gasteiger partial charge is 0.269 e. The highest BCUT2D eigenvalue weighted by molar-refractivity contribution is 7.97. The van der Waals surface area contributed by atoms with Gasteiger partial charge < -0.3 is 5.32 Å². The third kappa shape index (κ3) is 4.36. The molecule has 0 unspecified atom stereocenters. The van der Waals surface area contributed by atoms with Gasteiger partial charge in [-0.1, -0.05) is 24.1 Å². The number of ketones is 1. The van der Waals surface area contributed by atoms with Gasteiger partial charge in [0.25, 0.3) is 5.69 Å². The molecular formula is C13H17N3O3S. The van der Waals surface area contributed by atoms with E-state index >= 15 is 0 Å². The van der Waals surface area contributed by atoms with Crippen LogP contribution in [0.3, 0.4) is 0 Å². The summed E-state index contributed by atoms with van der Waals surface area (Å²) in [4.78, 5) is 21.8. The summed E-state index contributed by atoms with van der Waals surface area (Å²) in [6, 6.07) is 6.27. The quantitative estimate of drug-likeness (QED) is 0.344. The zero-order valence-electron chi connectivity index (χ0n) is 11.4. The Morgan fingerprint density at radius 3 is 2.40 bits per heavy atom. The van der Waals surface area contributed by atoms with E-state index in [9.17, 15) is 14.9 Å². The summed E-state index contributed by atoms with van der Waals surface area (Å²) < 4.78 is 0. The van der Waals surface area contributed by atoms with E-state index < -0.39 is 4.92 Å². The van der Waals surface area contributed by atoms with E-state index in [1.807, 2.05) is 0 Å². The number of hydrogen-bond donors (Lipinski definition) is 2. The van der Waals surface area contributed by atoms with Crippen LogP contribution in [0.2, 0.25) is 0 Å². The van der Waals surface area contributed by atoms with Crippen LogP contribution in [0.5, 0.6) is 0 Å². The van der Waals surface area contributed by atoms with Crippen molar-refractivity contribution in [2.75, 3.05) is 12.8 Å². The SMILES string of the molecule is CNC(Cc1ccc([N+](=O)[O-])cc1)=C(CSN)C(C)=O. The highest BCUT2D eigenvalue weighted by Gasteiger charge is 2.12. The number of allylic oxidation sites excluding steroid dienone is 1. The predicted molar refractivity (Wildman–Crippen MR) is 80.2 cm³/mol. The summed E-state index contributed by atoms with van der Waals surface area (Å²) in [5, 5.41) is 19.0. The van der Waals surface area contributed by atoms with Crippen molar-refractivity contribution in [3.63, 3.8) is 0 Å². The van der Waals surface area contributed by atoms with E-state index in [4.69, 9.17) is 5.14 Å². The molecule has 0 saturated heterocycles. The van der Waals surface area contributed by atoms with Gasteiger partial charge in [0.2, 0.25) is 0 Å². The molecule has 0 aliphatic rings. The summed E-state index contributed by atoms with van der Waals surface area (Å²) in [6.07, 6.45) is 0.504. The number of nitrogens with two attached hydrogens (primary N) is 1. The van der Waals surface area contributed by atoms with Crippen LogP contribution in [0.1, 0.15) is 12.5 Å². The van der Waals surface area contributed by atoms with Crippen LogP contribution in [0.4, 0.5) is 5.69 Å². The molecule has 0 aliphatic heterocycles. The van der Waals surface area contributed by atoms with Crippen LogP contribution in [0, 0.1) is 10.1 Å². The number of benzene rings is 1. The summed E-state index contributed by atoms with van der Waals surface area (Å²) in [6.45, 7) is 1.50. The van der Waals surface area contributed by atoms with Gasteiger partial charge in [0, 0.05) is 42.6 Å². The van der Waals surface area contributed by atoms with Crippen LogP contribution in [0.25, 0.3) is 0 Å². The van der Waals surface area contributed by atoms with E-state index in [2.05, 4.69) is 5.32 Å². The van der Waals surface area contributed by atoms with Crippen LogP contribution >= 0.6 is 11.9 Å². The molecule has 0 aromatic heterocycles. The Labute approximate surface area is 121 Å². The molecule has 0 radical (unpaired) electrons. The van der Waals surface area contributed by atoms with Crippen molar-refractivity contribution in [2.24, 2.45) is 5.14 Å². The van der Waals surface area contributed by atoms with E-state index in [1.165, 1.54) is 19.1 Å². The molecule has 0 atom stereocenters.